The molecule has 7 heteroatoms. The Bertz CT molecular complexity index is 1550. The molecule has 0 saturated carbocycles. The summed E-state index contributed by atoms with van der Waals surface area (Å²) in [7, 11) is 0. The predicted octanol–water partition coefficient (Wildman–Crippen LogP) is 6.16. The van der Waals surface area contributed by atoms with Crippen LogP contribution in [0.2, 0.25) is 0 Å². The van der Waals surface area contributed by atoms with Gasteiger partial charge in [0.15, 0.2) is 5.82 Å². The SMILES string of the molecule is Cc1cc2[nH]nc(-c3nc4c(-c5cccs5)cncc4[nH]3)c2cc1C1=C[C@@H](C)C=CN=C1. The number of H-pyrrole nitrogens is 2. The van der Waals surface area contributed by atoms with E-state index in [0.29, 0.717) is 5.92 Å². The van der Waals surface area contributed by atoms with Crippen molar-refractivity contribution in [2.75, 3.05) is 0 Å². The Hall–Kier alpha value is -3.84. The molecule has 1 atom stereocenters. The summed E-state index contributed by atoms with van der Waals surface area (Å²) in [6.07, 6.45) is 11.8. The fourth-order valence-corrected chi connectivity index (χ4v) is 4.91. The molecule has 0 saturated heterocycles. The maximum absolute atomic E-state index is 4.93. The van der Waals surface area contributed by atoms with E-state index < -0.39 is 0 Å². The number of aromatic amines is 2. The molecule has 0 radical (unpaired) electrons. The molecule has 0 unspecified atom stereocenters. The standard InChI is InChI=1S/C25H20N6S/c1-14-5-6-26-11-16(8-14)17-10-18-20(9-15(17)2)30-31-24(18)25-28-21-13-27-12-19(23(21)29-25)22-4-3-7-32-22/h3-14H,1-2H3,(H,28,29)(H,30,31)/t14-/m0/s1. The minimum absolute atomic E-state index is 0.324. The predicted molar refractivity (Wildman–Crippen MR) is 132 cm³/mol. The van der Waals surface area contributed by atoms with Crippen molar-refractivity contribution in [3.05, 3.63) is 71.5 Å². The zero-order chi connectivity index (χ0) is 21.7. The van der Waals surface area contributed by atoms with Crippen molar-refractivity contribution in [1.82, 2.24) is 25.1 Å². The third kappa shape index (κ3) is 3.09. The molecule has 1 aliphatic rings. The van der Waals surface area contributed by atoms with Crippen LogP contribution in [0.1, 0.15) is 18.1 Å². The van der Waals surface area contributed by atoms with E-state index in [1.807, 2.05) is 30.9 Å². The number of nitrogens with zero attached hydrogens (tertiary/aromatic N) is 4. The van der Waals surface area contributed by atoms with E-state index in [1.54, 1.807) is 11.3 Å². The highest BCUT2D eigenvalue weighted by atomic mass is 32.1. The van der Waals surface area contributed by atoms with E-state index in [4.69, 9.17) is 4.98 Å². The van der Waals surface area contributed by atoms with Crippen LogP contribution in [-0.4, -0.2) is 31.4 Å². The Balaban J connectivity index is 1.52. The molecular formula is C25H20N6S. The highest BCUT2D eigenvalue weighted by Gasteiger charge is 2.18. The third-order valence-corrected chi connectivity index (χ3v) is 6.66. The summed E-state index contributed by atoms with van der Waals surface area (Å²) in [6, 6.07) is 8.46. The van der Waals surface area contributed by atoms with Crippen molar-refractivity contribution in [1.29, 1.82) is 0 Å². The number of imidazole rings is 1. The number of fused-ring (bicyclic) bond motifs is 2. The lowest BCUT2D eigenvalue weighted by Crippen LogP contribution is -1.93. The van der Waals surface area contributed by atoms with Gasteiger partial charge in [0.25, 0.3) is 0 Å². The second-order valence-electron chi connectivity index (χ2n) is 8.03. The number of rotatable bonds is 3. The van der Waals surface area contributed by atoms with Crippen molar-refractivity contribution < 1.29 is 0 Å². The first kappa shape index (κ1) is 18.9. The van der Waals surface area contributed by atoms with Gasteiger partial charge in [-0.3, -0.25) is 15.1 Å². The molecule has 5 heterocycles. The van der Waals surface area contributed by atoms with Crippen molar-refractivity contribution in [3.63, 3.8) is 0 Å². The van der Waals surface area contributed by atoms with Gasteiger partial charge < -0.3 is 4.98 Å². The van der Waals surface area contributed by atoms with Crippen LogP contribution in [0.15, 0.2) is 65.4 Å². The van der Waals surface area contributed by atoms with Gasteiger partial charge >= 0.3 is 0 Å². The van der Waals surface area contributed by atoms with Crippen molar-refractivity contribution in [2.24, 2.45) is 10.9 Å². The molecule has 1 aromatic carbocycles. The molecule has 1 aliphatic heterocycles. The molecule has 0 aliphatic carbocycles. The first-order valence-corrected chi connectivity index (χ1v) is 11.3. The van der Waals surface area contributed by atoms with Crippen molar-refractivity contribution >= 4 is 45.1 Å². The maximum Gasteiger partial charge on any atom is 0.159 e. The minimum atomic E-state index is 0.324. The lowest BCUT2D eigenvalue weighted by atomic mass is 9.96. The van der Waals surface area contributed by atoms with Crippen LogP contribution in [0.25, 0.3) is 49.5 Å². The zero-order valence-corrected chi connectivity index (χ0v) is 18.4. The van der Waals surface area contributed by atoms with Crippen LogP contribution in [-0.2, 0) is 0 Å². The minimum Gasteiger partial charge on any atom is -0.335 e. The summed E-state index contributed by atoms with van der Waals surface area (Å²) in [5.41, 5.74) is 8.04. The van der Waals surface area contributed by atoms with Crippen molar-refractivity contribution in [2.45, 2.75) is 13.8 Å². The number of allylic oxidation sites excluding steroid dienone is 3. The molecule has 0 bridgehead atoms. The monoisotopic (exact) mass is 436 g/mol. The summed E-state index contributed by atoms with van der Waals surface area (Å²) in [5, 5.41) is 10.9. The largest absolute Gasteiger partial charge is 0.335 e. The second-order valence-corrected chi connectivity index (χ2v) is 8.98. The molecule has 0 amide bonds. The van der Waals surface area contributed by atoms with E-state index in [0.717, 1.165) is 55.0 Å². The Labute approximate surface area is 188 Å². The number of aromatic nitrogens is 5. The summed E-state index contributed by atoms with van der Waals surface area (Å²) < 4.78 is 0. The van der Waals surface area contributed by atoms with Gasteiger partial charge in [-0.15, -0.1) is 11.3 Å². The number of pyridine rings is 1. The van der Waals surface area contributed by atoms with E-state index in [1.165, 1.54) is 5.56 Å². The average Bonchev–Trinajstić information content (AvgIpc) is 3.51. The fourth-order valence-electron chi connectivity index (χ4n) is 4.17. The van der Waals surface area contributed by atoms with Crippen LogP contribution < -0.4 is 0 Å². The van der Waals surface area contributed by atoms with Gasteiger partial charge in [0.1, 0.15) is 11.2 Å². The molecule has 156 valence electrons. The molecular weight excluding hydrogens is 416 g/mol. The first-order valence-electron chi connectivity index (χ1n) is 10.5. The van der Waals surface area contributed by atoms with Gasteiger partial charge in [-0.05, 0) is 53.1 Å². The summed E-state index contributed by atoms with van der Waals surface area (Å²) >= 11 is 1.68. The Morgan fingerprint density at radius 1 is 1.09 bits per heavy atom. The first-order chi connectivity index (χ1) is 15.7. The lowest BCUT2D eigenvalue weighted by Gasteiger charge is -2.08. The molecule has 0 fully saturated rings. The molecule has 0 spiro atoms. The Kier molecular flexibility index (Phi) is 4.36. The zero-order valence-electron chi connectivity index (χ0n) is 17.6. The topological polar surface area (TPSA) is 82.6 Å². The van der Waals surface area contributed by atoms with Crippen LogP contribution in [0.3, 0.4) is 0 Å². The molecule has 2 N–H and O–H groups in total. The highest BCUT2D eigenvalue weighted by molar-refractivity contribution is 7.13. The van der Waals surface area contributed by atoms with Gasteiger partial charge in [-0.2, -0.15) is 5.10 Å². The second kappa shape index (κ2) is 7.39. The van der Waals surface area contributed by atoms with Gasteiger partial charge in [0, 0.05) is 34.4 Å². The van der Waals surface area contributed by atoms with Gasteiger partial charge in [-0.25, -0.2) is 4.98 Å². The maximum atomic E-state index is 4.93. The summed E-state index contributed by atoms with van der Waals surface area (Å²) in [6.45, 7) is 4.28. The van der Waals surface area contributed by atoms with Crippen LogP contribution in [0, 0.1) is 12.8 Å². The third-order valence-electron chi connectivity index (χ3n) is 5.76. The van der Waals surface area contributed by atoms with Crippen molar-refractivity contribution in [3.8, 4) is 22.0 Å². The number of thiophene rings is 1. The summed E-state index contributed by atoms with van der Waals surface area (Å²) in [5.74, 6) is 1.05. The lowest BCUT2D eigenvalue weighted by molar-refractivity contribution is 0.942. The molecule has 6 rings (SSSR count). The number of nitrogens with one attached hydrogen (secondary N) is 2. The van der Waals surface area contributed by atoms with Gasteiger partial charge in [-0.1, -0.05) is 25.1 Å². The molecule has 32 heavy (non-hydrogen) atoms. The smallest absolute Gasteiger partial charge is 0.159 e. The Morgan fingerprint density at radius 2 is 2.03 bits per heavy atom. The highest BCUT2D eigenvalue weighted by Crippen LogP contribution is 2.34. The Morgan fingerprint density at radius 3 is 2.91 bits per heavy atom. The molecule has 5 aromatic rings. The van der Waals surface area contributed by atoms with E-state index >= 15 is 0 Å². The van der Waals surface area contributed by atoms with E-state index in [9.17, 15) is 0 Å². The normalized spacial score (nSPS) is 16.1. The quantitative estimate of drug-likeness (QED) is 0.355. The van der Waals surface area contributed by atoms with Gasteiger partial charge in [0.05, 0.1) is 17.2 Å². The molecule has 6 nitrogen and oxygen atoms in total. The van der Waals surface area contributed by atoms with E-state index in [-0.39, 0.29) is 0 Å². The van der Waals surface area contributed by atoms with Crippen LogP contribution >= 0.6 is 11.3 Å². The number of hydrogen-bond acceptors (Lipinski definition) is 5. The average molecular weight is 437 g/mol. The summed E-state index contributed by atoms with van der Waals surface area (Å²) in [4.78, 5) is 18.3. The van der Waals surface area contributed by atoms with Gasteiger partial charge in [0.2, 0.25) is 0 Å². The number of aryl methyl sites for hydroxylation is 1. The molecule has 4 aromatic heterocycles. The number of aliphatic imine (C=N–C) groups is 1. The fraction of sp³-hybridized carbons (Fsp3) is 0.120. The van der Waals surface area contributed by atoms with E-state index in [2.05, 4.69) is 74.7 Å². The number of hydrogen-bond donors (Lipinski definition) is 2. The van der Waals surface area contributed by atoms with Crippen LogP contribution in [0.5, 0.6) is 0 Å². The van der Waals surface area contributed by atoms with Crippen LogP contribution in [0.4, 0.5) is 0 Å². The number of benzene rings is 1.